The minimum Gasteiger partial charge on any atom is -0.326 e. The van der Waals surface area contributed by atoms with Gasteiger partial charge in [-0.2, -0.15) is 0 Å². The number of sulfonamides is 1. The van der Waals surface area contributed by atoms with E-state index in [9.17, 15) is 8.42 Å². The first kappa shape index (κ1) is 15.0. The smallest absolute Gasteiger partial charge is 0.241 e. The van der Waals surface area contributed by atoms with Crippen LogP contribution >= 0.6 is 11.3 Å². The summed E-state index contributed by atoms with van der Waals surface area (Å²) in [6.07, 6.45) is 3.16. The van der Waals surface area contributed by atoms with Gasteiger partial charge < -0.3 is 5.73 Å². The molecule has 4 nitrogen and oxygen atoms in total. The SMILES string of the molecule is CCC1CCC(NS(=O)(=O)c2ccsc2CN)C1C. The average Bonchev–Trinajstić information content (AvgIpc) is 2.97. The van der Waals surface area contributed by atoms with Gasteiger partial charge in [0.15, 0.2) is 0 Å². The van der Waals surface area contributed by atoms with Crippen LogP contribution in [0.25, 0.3) is 0 Å². The van der Waals surface area contributed by atoms with Crippen LogP contribution in [-0.2, 0) is 16.6 Å². The average molecular weight is 302 g/mol. The van der Waals surface area contributed by atoms with E-state index in [0.717, 1.165) is 24.1 Å². The van der Waals surface area contributed by atoms with E-state index in [1.165, 1.54) is 11.3 Å². The first-order valence-electron chi connectivity index (χ1n) is 6.78. The van der Waals surface area contributed by atoms with Crippen molar-refractivity contribution in [2.75, 3.05) is 0 Å². The monoisotopic (exact) mass is 302 g/mol. The van der Waals surface area contributed by atoms with E-state index in [1.54, 1.807) is 11.4 Å². The summed E-state index contributed by atoms with van der Waals surface area (Å²) in [4.78, 5) is 1.08. The van der Waals surface area contributed by atoms with Gasteiger partial charge in [0.1, 0.15) is 0 Å². The fourth-order valence-corrected chi connectivity index (χ4v) is 5.67. The van der Waals surface area contributed by atoms with Gasteiger partial charge in [-0.3, -0.25) is 0 Å². The third kappa shape index (κ3) is 3.02. The van der Waals surface area contributed by atoms with Gasteiger partial charge in [0.05, 0.1) is 4.90 Å². The third-order valence-corrected chi connectivity index (χ3v) is 6.88. The number of rotatable bonds is 5. The van der Waals surface area contributed by atoms with Gasteiger partial charge in [-0.05, 0) is 36.1 Å². The summed E-state index contributed by atoms with van der Waals surface area (Å²) in [6, 6.07) is 1.70. The largest absolute Gasteiger partial charge is 0.326 e. The highest BCUT2D eigenvalue weighted by atomic mass is 32.2. The Morgan fingerprint density at radius 2 is 2.21 bits per heavy atom. The molecule has 0 radical (unpaired) electrons. The second-order valence-corrected chi connectivity index (χ2v) is 7.93. The van der Waals surface area contributed by atoms with Crippen molar-refractivity contribution in [2.24, 2.45) is 17.6 Å². The Balaban J connectivity index is 2.15. The molecule has 3 atom stereocenters. The second kappa shape index (κ2) is 5.91. The Bertz CT molecular complexity index is 525. The van der Waals surface area contributed by atoms with Crippen molar-refractivity contribution < 1.29 is 8.42 Å². The van der Waals surface area contributed by atoms with Crippen LogP contribution in [0.4, 0.5) is 0 Å². The van der Waals surface area contributed by atoms with Crippen molar-refractivity contribution >= 4 is 21.4 Å². The predicted octanol–water partition coefficient (Wildman–Crippen LogP) is 2.31. The molecule has 108 valence electrons. The minimum atomic E-state index is -3.43. The number of hydrogen-bond acceptors (Lipinski definition) is 4. The zero-order valence-corrected chi connectivity index (χ0v) is 13.1. The maximum absolute atomic E-state index is 12.4. The molecule has 1 aromatic rings. The van der Waals surface area contributed by atoms with E-state index < -0.39 is 10.0 Å². The summed E-state index contributed by atoms with van der Waals surface area (Å²) >= 11 is 1.40. The molecular weight excluding hydrogens is 280 g/mol. The lowest BCUT2D eigenvalue weighted by molar-refractivity contribution is 0.368. The summed E-state index contributed by atoms with van der Waals surface area (Å²) in [7, 11) is -3.43. The van der Waals surface area contributed by atoms with Gasteiger partial charge in [-0.1, -0.05) is 20.3 Å². The maximum atomic E-state index is 12.4. The highest BCUT2D eigenvalue weighted by Gasteiger charge is 2.35. The van der Waals surface area contributed by atoms with Crippen LogP contribution in [0.1, 0.15) is 38.0 Å². The first-order chi connectivity index (χ1) is 8.99. The third-order valence-electron chi connectivity index (χ3n) is 4.24. The lowest BCUT2D eigenvalue weighted by Crippen LogP contribution is -2.37. The van der Waals surface area contributed by atoms with E-state index in [4.69, 9.17) is 5.73 Å². The predicted molar refractivity (Wildman–Crippen MR) is 78.5 cm³/mol. The zero-order chi connectivity index (χ0) is 14.0. The molecule has 0 saturated heterocycles. The quantitative estimate of drug-likeness (QED) is 0.876. The molecule has 0 bridgehead atoms. The number of nitrogens with one attached hydrogen (secondary N) is 1. The molecule has 1 aliphatic rings. The molecular formula is C13H22N2O2S2. The molecule has 3 N–H and O–H groups in total. The van der Waals surface area contributed by atoms with Crippen molar-refractivity contribution in [3.05, 3.63) is 16.3 Å². The molecule has 19 heavy (non-hydrogen) atoms. The van der Waals surface area contributed by atoms with E-state index in [1.807, 2.05) is 0 Å². The Labute approximate surface area is 119 Å². The standard InChI is InChI=1S/C13H22N2O2S2/c1-3-10-4-5-11(9(10)2)15-19(16,17)13-6-7-18-12(13)8-14/h6-7,9-11,15H,3-5,8,14H2,1-2H3. The fraction of sp³-hybridized carbons (Fsp3) is 0.692. The van der Waals surface area contributed by atoms with E-state index >= 15 is 0 Å². The summed E-state index contributed by atoms with van der Waals surface area (Å²) < 4.78 is 27.7. The highest BCUT2D eigenvalue weighted by Crippen LogP contribution is 2.35. The topological polar surface area (TPSA) is 72.2 Å². The second-order valence-electron chi connectivity index (χ2n) is 5.24. The minimum absolute atomic E-state index is 0.0560. The molecule has 6 heteroatoms. The van der Waals surface area contributed by atoms with Crippen LogP contribution in [0.3, 0.4) is 0 Å². The van der Waals surface area contributed by atoms with Crippen molar-refractivity contribution in [1.29, 1.82) is 0 Å². The summed E-state index contributed by atoms with van der Waals surface area (Å²) in [5, 5.41) is 1.78. The number of hydrogen-bond donors (Lipinski definition) is 2. The summed E-state index contributed by atoms with van der Waals surface area (Å²) in [5.74, 6) is 1.03. The number of thiophene rings is 1. The van der Waals surface area contributed by atoms with Crippen LogP contribution in [-0.4, -0.2) is 14.5 Å². The lowest BCUT2D eigenvalue weighted by Gasteiger charge is -2.21. The molecule has 1 heterocycles. The molecule has 1 saturated carbocycles. The highest BCUT2D eigenvalue weighted by molar-refractivity contribution is 7.89. The van der Waals surface area contributed by atoms with Crippen molar-refractivity contribution in [2.45, 2.75) is 50.6 Å². The Kier molecular flexibility index (Phi) is 4.66. The van der Waals surface area contributed by atoms with Crippen LogP contribution < -0.4 is 10.5 Å². The summed E-state index contributed by atoms with van der Waals surface area (Å²) in [6.45, 7) is 4.58. The zero-order valence-electron chi connectivity index (χ0n) is 11.4. The molecule has 0 amide bonds. The van der Waals surface area contributed by atoms with E-state index in [2.05, 4.69) is 18.6 Å². The Morgan fingerprint density at radius 1 is 1.47 bits per heavy atom. The van der Waals surface area contributed by atoms with Gasteiger partial charge in [0.25, 0.3) is 0 Å². The fourth-order valence-electron chi connectivity index (χ4n) is 2.97. The van der Waals surface area contributed by atoms with E-state index in [0.29, 0.717) is 16.7 Å². The van der Waals surface area contributed by atoms with Crippen LogP contribution in [0.2, 0.25) is 0 Å². The molecule has 1 aliphatic carbocycles. The van der Waals surface area contributed by atoms with Crippen LogP contribution in [0.5, 0.6) is 0 Å². The lowest BCUT2D eigenvalue weighted by atomic mass is 9.94. The molecule has 0 spiro atoms. The molecule has 1 aromatic heterocycles. The van der Waals surface area contributed by atoms with Gasteiger partial charge in [-0.25, -0.2) is 13.1 Å². The van der Waals surface area contributed by atoms with Gasteiger partial charge in [-0.15, -0.1) is 11.3 Å². The Hall–Kier alpha value is -0.430. The molecule has 3 unspecified atom stereocenters. The van der Waals surface area contributed by atoms with Crippen molar-refractivity contribution in [3.8, 4) is 0 Å². The maximum Gasteiger partial charge on any atom is 0.241 e. The molecule has 0 aromatic carbocycles. The molecule has 1 fully saturated rings. The van der Waals surface area contributed by atoms with Crippen LogP contribution in [0.15, 0.2) is 16.3 Å². The Morgan fingerprint density at radius 3 is 2.79 bits per heavy atom. The molecule has 2 rings (SSSR count). The van der Waals surface area contributed by atoms with Crippen molar-refractivity contribution in [1.82, 2.24) is 4.72 Å². The van der Waals surface area contributed by atoms with Gasteiger partial charge >= 0.3 is 0 Å². The van der Waals surface area contributed by atoms with Crippen LogP contribution in [0, 0.1) is 11.8 Å². The number of nitrogens with two attached hydrogens (primary N) is 1. The van der Waals surface area contributed by atoms with Crippen molar-refractivity contribution in [3.63, 3.8) is 0 Å². The normalized spacial score (nSPS) is 27.8. The van der Waals surface area contributed by atoms with Gasteiger partial charge in [0, 0.05) is 17.5 Å². The van der Waals surface area contributed by atoms with Gasteiger partial charge in [0.2, 0.25) is 10.0 Å². The molecule has 0 aliphatic heterocycles. The van der Waals surface area contributed by atoms with E-state index in [-0.39, 0.29) is 12.6 Å². The first-order valence-corrected chi connectivity index (χ1v) is 9.14. The summed E-state index contributed by atoms with van der Waals surface area (Å²) in [5.41, 5.74) is 5.59.